The number of carboxylic acid groups (broad SMARTS) is 1. The second-order valence-corrected chi connectivity index (χ2v) is 3.97. The zero-order valence-corrected chi connectivity index (χ0v) is 11.1. The molecule has 1 aromatic carbocycles. The molecule has 20 heavy (non-hydrogen) atoms. The number of imide groups is 1. The van der Waals surface area contributed by atoms with Crippen LogP contribution in [0.4, 0.5) is 4.79 Å². The van der Waals surface area contributed by atoms with Crippen LogP contribution in [0.3, 0.4) is 0 Å². The Balaban J connectivity index is 2.54. The van der Waals surface area contributed by atoms with E-state index in [4.69, 9.17) is 5.11 Å². The lowest BCUT2D eigenvalue weighted by Gasteiger charge is -2.14. The number of amides is 3. The molecule has 1 atom stereocenters. The molecule has 0 aliphatic carbocycles. The molecule has 0 heterocycles. The predicted octanol–water partition coefficient (Wildman–Crippen LogP) is 0.248. The Labute approximate surface area is 116 Å². The highest BCUT2D eigenvalue weighted by Crippen LogP contribution is 2.11. The quantitative estimate of drug-likeness (QED) is 0.597. The second kappa shape index (κ2) is 7.90. The van der Waals surface area contributed by atoms with Crippen LogP contribution in [0, 0.1) is 0 Å². The van der Waals surface area contributed by atoms with E-state index in [-0.39, 0.29) is 6.54 Å². The number of hydrogen-bond acceptors (Lipinski definition) is 4. The second-order valence-electron chi connectivity index (χ2n) is 3.97. The summed E-state index contributed by atoms with van der Waals surface area (Å²) in [5.74, 6) is -1.69. The van der Waals surface area contributed by atoms with E-state index in [0.717, 1.165) is 0 Å². The van der Waals surface area contributed by atoms with Crippen LogP contribution in [-0.4, -0.2) is 36.1 Å². The summed E-state index contributed by atoms with van der Waals surface area (Å²) < 4.78 is 0. The summed E-state index contributed by atoms with van der Waals surface area (Å²) in [6.45, 7) is 1.84. The molecule has 3 amide bonds. The van der Waals surface area contributed by atoms with Gasteiger partial charge in [-0.3, -0.25) is 20.2 Å². The number of carboxylic acids is 1. The van der Waals surface area contributed by atoms with Gasteiger partial charge in [0.15, 0.2) is 0 Å². The van der Waals surface area contributed by atoms with Crippen molar-refractivity contribution < 1.29 is 19.5 Å². The highest BCUT2D eigenvalue weighted by molar-refractivity contribution is 5.95. The minimum atomic E-state index is -1.10. The molecular formula is C13H17N3O4. The SMILES string of the molecule is CCNC(=O)NC(=O)CNC(C(=O)O)c1ccccc1. The van der Waals surface area contributed by atoms with E-state index in [0.29, 0.717) is 12.1 Å². The molecule has 7 heteroatoms. The Morgan fingerprint density at radius 1 is 1.20 bits per heavy atom. The van der Waals surface area contributed by atoms with Crippen LogP contribution in [0.2, 0.25) is 0 Å². The van der Waals surface area contributed by atoms with Gasteiger partial charge in [-0.05, 0) is 12.5 Å². The van der Waals surface area contributed by atoms with Crippen molar-refractivity contribution >= 4 is 17.9 Å². The van der Waals surface area contributed by atoms with Gasteiger partial charge in [0.1, 0.15) is 6.04 Å². The van der Waals surface area contributed by atoms with Crippen molar-refractivity contribution in [1.29, 1.82) is 0 Å². The topological polar surface area (TPSA) is 108 Å². The first kappa shape index (κ1) is 15.6. The average Bonchev–Trinajstić information content (AvgIpc) is 2.40. The summed E-state index contributed by atoms with van der Waals surface area (Å²) in [5, 5.41) is 16.2. The number of aliphatic carboxylic acids is 1. The number of benzene rings is 1. The number of hydrogen-bond donors (Lipinski definition) is 4. The zero-order chi connectivity index (χ0) is 15.0. The van der Waals surface area contributed by atoms with Crippen LogP contribution in [0.5, 0.6) is 0 Å². The summed E-state index contributed by atoms with van der Waals surface area (Å²) in [7, 11) is 0. The molecule has 0 saturated carbocycles. The number of carbonyl (C=O) groups is 3. The lowest BCUT2D eigenvalue weighted by atomic mass is 10.1. The predicted molar refractivity (Wildman–Crippen MR) is 72.0 cm³/mol. The molecule has 108 valence electrons. The minimum Gasteiger partial charge on any atom is -0.480 e. The Kier molecular flexibility index (Phi) is 6.18. The van der Waals surface area contributed by atoms with Gasteiger partial charge in [0, 0.05) is 6.54 Å². The van der Waals surface area contributed by atoms with E-state index in [1.54, 1.807) is 37.3 Å². The van der Waals surface area contributed by atoms with Gasteiger partial charge < -0.3 is 10.4 Å². The molecule has 0 fully saturated rings. The minimum absolute atomic E-state index is 0.275. The lowest BCUT2D eigenvalue weighted by Crippen LogP contribution is -2.44. The molecule has 0 aromatic heterocycles. The number of rotatable bonds is 6. The fourth-order valence-corrected chi connectivity index (χ4v) is 1.56. The molecule has 4 N–H and O–H groups in total. The lowest BCUT2D eigenvalue weighted by molar-refractivity contribution is -0.139. The maximum absolute atomic E-state index is 11.5. The molecule has 7 nitrogen and oxygen atoms in total. The Hall–Kier alpha value is -2.41. The monoisotopic (exact) mass is 279 g/mol. The number of nitrogens with one attached hydrogen (secondary N) is 3. The summed E-state index contributed by atoms with van der Waals surface area (Å²) in [5.41, 5.74) is 0.533. The van der Waals surface area contributed by atoms with Gasteiger partial charge in [0.25, 0.3) is 0 Å². The van der Waals surface area contributed by atoms with Crippen molar-refractivity contribution in [2.24, 2.45) is 0 Å². The highest BCUT2D eigenvalue weighted by atomic mass is 16.4. The van der Waals surface area contributed by atoms with Crippen molar-refractivity contribution in [3.05, 3.63) is 35.9 Å². The first-order chi connectivity index (χ1) is 9.54. The standard InChI is InChI=1S/C13H17N3O4/c1-2-14-13(20)16-10(17)8-15-11(12(18)19)9-6-4-3-5-7-9/h3-7,11,15H,2,8H2,1H3,(H,18,19)(H2,14,16,17,20). The molecule has 0 radical (unpaired) electrons. The molecule has 1 aromatic rings. The van der Waals surface area contributed by atoms with Crippen molar-refractivity contribution in [2.45, 2.75) is 13.0 Å². The largest absolute Gasteiger partial charge is 0.480 e. The van der Waals surface area contributed by atoms with Gasteiger partial charge in [-0.25, -0.2) is 4.79 Å². The van der Waals surface area contributed by atoms with E-state index >= 15 is 0 Å². The third-order valence-electron chi connectivity index (χ3n) is 2.44. The number of carbonyl (C=O) groups excluding carboxylic acids is 2. The first-order valence-electron chi connectivity index (χ1n) is 6.13. The smallest absolute Gasteiger partial charge is 0.325 e. The summed E-state index contributed by atoms with van der Waals surface area (Å²) >= 11 is 0. The fraction of sp³-hybridized carbons (Fsp3) is 0.308. The van der Waals surface area contributed by atoms with Crippen LogP contribution in [0.25, 0.3) is 0 Å². The highest BCUT2D eigenvalue weighted by Gasteiger charge is 2.20. The summed E-state index contributed by atoms with van der Waals surface area (Å²) in [6, 6.07) is 6.87. The molecule has 0 saturated heterocycles. The first-order valence-corrected chi connectivity index (χ1v) is 6.13. The van der Waals surface area contributed by atoms with Gasteiger partial charge in [-0.1, -0.05) is 30.3 Å². The Morgan fingerprint density at radius 3 is 2.40 bits per heavy atom. The normalized spacial score (nSPS) is 11.4. The molecule has 0 aliphatic heterocycles. The zero-order valence-electron chi connectivity index (χ0n) is 11.1. The third kappa shape index (κ3) is 5.07. The van der Waals surface area contributed by atoms with Crippen LogP contribution in [-0.2, 0) is 9.59 Å². The van der Waals surface area contributed by atoms with Crippen LogP contribution >= 0.6 is 0 Å². The third-order valence-corrected chi connectivity index (χ3v) is 2.44. The number of urea groups is 1. The van der Waals surface area contributed by atoms with E-state index in [1.807, 2.05) is 0 Å². The van der Waals surface area contributed by atoms with Crippen molar-refractivity contribution in [1.82, 2.24) is 16.0 Å². The Bertz CT molecular complexity index is 476. The molecule has 0 spiro atoms. The van der Waals surface area contributed by atoms with Crippen LogP contribution < -0.4 is 16.0 Å². The summed E-state index contributed by atoms with van der Waals surface area (Å²) in [6.07, 6.45) is 0. The van der Waals surface area contributed by atoms with Crippen molar-refractivity contribution in [3.8, 4) is 0 Å². The maximum atomic E-state index is 11.5. The van der Waals surface area contributed by atoms with Crippen molar-refractivity contribution in [3.63, 3.8) is 0 Å². The molecule has 1 unspecified atom stereocenters. The fourth-order valence-electron chi connectivity index (χ4n) is 1.56. The van der Waals surface area contributed by atoms with Gasteiger partial charge in [-0.2, -0.15) is 0 Å². The van der Waals surface area contributed by atoms with E-state index < -0.39 is 23.9 Å². The van der Waals surface area contributed by atoms with Crippen LogP contribution in [0.1, 0.15) is 18.5 Å². The molecule has 0 aliphatic rings. The van der Waals surface area contributed by atoms with Gasteiger partial charge in [0.05, 0.1) is 6.54 Å². The maximum Gasteiger partial charge on any atom is 0.325 e. The van der Waals surface area contributed by atoms with Crippen LogP contribution in [0.15, 0.2) is 30.3 Å². The van der Waals surface area contributed by atoms with E-state index in [1.165, 1.54) is 0 Å². The van der Waals surface area contributed by atoms with E-state index in [2.05, 4.69) is 16.0 Å². The molecular weight excluding hydrogens is 262 g/mol. The Morgan fingerprint density at radius 2 is 1.85 bits per heavy atom. The van der Waals surface area contributed by atoms with Gasteiger partial charge in [-0.15, -0.1) is 0 Å². The molecule has 0 bridgehead atoms. The van der Waals surface area contributed by atoms with Gasteiger partial charge in [0.2, 0.25) is 5.91 Å². The molecule has 1 rings (SSSR count). The summed E-state index contributed by atoms with van der Waals surface area (Å²) in [4.78, 5) is 33.7. The average molecular weight is 279 g/mol. The van der Waals surface area contributed by atoms with Crippen molar-refractivity contribution in [2.75, 3.05) is 13.1 Å². The van der Waals surface area contributed by atoms with E-state index in [9.17, 15) is 14.4 Å². The van der Waals surface area contributed by atoms with Gasteiger partial charge >= 0.3 is 12.0 Å².